The van der Waals surface area contributed by atoms with Gasteiger partial charge in [-0.2, -0.15) is 9.40 Å². The molecule has 1 aromatic heterocycles. The Balaban J connectivity index is 2.08. The molecule has 1 atom stereocenters. The minimum atomic E-state index is -3.46. The monoisotopic (exact) mass is 301 g/mol. The van der Waals surface area contributed by atoms with Crippen LogP contribution in [-0.2, 0) is 16.6 Å². The summed E-state index contributed by atoms with van der Waals surface area (Å²) in [5, 5.41) is 4.02. The molecule has 1 unspecified atom stereocenters. The molecule has 0 aromatic carbocycles. The van der Waals surface area contributed by atoms with Crippen LogP contribution in [-0.4, -0.2) is 67.2 Å². The summed E-state index contributed by atoms with van der Waals surface area (Å²) in [5.74, 6) is 0. The van der Waals surface area contributed by atoms with Gasteiger partial charge in [0.2, 0.25) is 10.0 Å². The van der Waals surface area contributed by atoms with Crippen LogP contribution in [0.25, 0.3) is 0 Å². The van der Waals surface area contributed by atoms with Crippen molar-refractivity contribution in [2.24, 2.45) is 5.73 Å². The number of likely N-dealkylation sites (tertiary alicyclic amines) is 1. The third-order valence-corrected chi connectivity index (χ3v) is 5.59. The lowest BCUT2D eigenvalue weighted by Gasteiger charge is -2.24. The second-order valence-corrected chi connectivity index (χ2v) is 7.33. The van der Waals surface area contributed by atoms with Gasteiger partial charge in [-0.05, 0) is 26.4 Å². The number of rotatable bonds is 6. The number of hydrogen-bond acceptors (Lipinski definition) is 5. The summed E-state index contributed by atoms with van der Waals surface area (Å²) in [6, 6.07) is 0.300. The Kier molecular flexibility index (Phi) is 4.79. The van der Waals surface area contributed by atoms with Crippen molar-refractivity contribution in [2.75, 3.05) is 33.7 Å². The molecule has 2 rings (SSSR count). The molecule has 2 heterocycles. The fourth-order valence-corrected chi connectivity index (χ4v) is 3.68. The van der Waals surface area contributed by atoms with E-state index in [4.69, 9.17) is 5.73 Å². The molecule has 7 nitrogen and oxygen atoms in total. The summed E-state index contributed by atoms with van der Waals surface area (Å²) in [6.45, 7) is 2.50. The molecule has 0 amide bonds. The van der Waals surface area contributed by atoms with E-state index < -0.39 is 10.0 Å². The minimum absolute atomic E-state index is 0.231. The maximum atomic E-state index is 12.5. The highest BCUT2D eigenvalue weighted by Gasteiger charge is 2.28. The van der Waals surface area contributed by atoms with Crippen LogP contribution in [0.1, 0.15) is 12.8 Å². The number of sulfonamides is 1. The normalized spacial score (nSPS) is 20.9. The second-order valence-electron chi connectivity index (χ2n) is 5.29. The van der Waals surface area contributed by atoms with Crippen molar-refractivity contribution in [1.29, 1.82) is 0 Å². The molecule has 1 aliphatic heterocycles. The maximum Gasteiger partial charge on any atom is 0.245 e. The van der Waals surface area contributed by atoms with Crippen molar-refractivity contribution in [3.05, 3.63) is 12.4 Å². The Bertz CT molecular complexity index is 542. The van der Waals surface area contributed by atoms with E-state index in [0.717, 1.165) is 19.4 Å². The van der Waals surface area contributed by atoms with Crippen molar-refractivity contribution in [3.63, 3.8) is 0 Å². The third-order valence-electron chi connectivity index (χ3n) is 3.82. The molecular formula is C12H23N5O2S. The van der Waals surface area contributed by atoms with Gasteiger partial charge in [-0.25, -0.2) is 8.42 Å². The van der Waals surface area contributed by atoms with Crippen molar-refractivity contribution in [3.8, 4) is 0 Å². The molecule has 8 heteroatoms. The summed E-state index contributed by atoms with van der Waals surface area (Å²) < 4.78 is 27.9. The first-order valence-electron chi connectivity index (χ1n) is 6.84. The van der Waals surface area contributed by atoms with Gasteiger partial charge in [0, 0.05) is 32.4 Å². The van der Waals surface area contributed by atoms with Gasteiger partial charge in [0.15, 0.2) is 0 Å². The molecule has 0 spiro atoms. The van der Waals surface area contributed by atoms with Crippen molar-refractivity contribution in [2.45, 2.75) is 30.3 Å². The molecule has 0 saturated carbocycles. The maximum absolute atomic E-state index is 12.5. The first-order chi connectivity index (χ1) is 9.45. The fourth-order valence-electron chi connectivity index (χ4n) is 2.52. The first-order valence-corrected chi connectivity index (χ1v) is 8.28. The summed E-state index contributed by atoms with van der Waals surface area (Å²) in [6.07, 6.45) is 5.10. The van der Waals surface area contributed by atoms with Gasteiger partial charge in [0.25, 0.3) is 0 Å². The lowest BCUT2D eigenvalue weighted by atomic mass is 10.2. The Labute approximate surface area is 120 Å². The van der Waals surface area contributed by atoms with Crippen LogP contribution in [0, 0.1) is 0 Å². The van der Waals surface area contributed by atoms with Crippen molar-refractivity contribution in [1.82, 2.24) is 19.0 Å². The van der Waals surface area contributed by atoms with Gasteiger partial charge in [0.1, 0.15) is 4.90 Å². The number of likely N-dealkylation sites (N-methyl/N-ethyl adjacent to an activating group) is 2. The lowest BCUT2D eigenvalue weighted by molar-refractivity contribution is 0.271. The molecule has 1 saturated heterocycles. The van der Waals surface area contributed by atoms with E-state index in [9.17, 15) is 8.42 Å². The van der Waals surface area contributed by atoms with E-state index in [1.165, 1.54) is 16.7 Å². The van der Waals surface area contributed by atoms with Gasteiger partial charge in [-0.15, -0.1) is 0 Å². The first kappa shape index (κ1) is 15.4. The zero-order valence-electron chi connectivity index (χ0n) is 12.1. The molecule has 1 fully saturated rings. The van der Waals surface area contributed by atoms with E-state index in [1.807, 2.05) is 7.05 Å². The molecule has 0 radical (unpaired) electrons. The molecule has 114 valence electrons. The van der Waals surface area contributed by atoms with Crippen LogP contribution < -0.4 is 5.73 Å². The standard InChI is InChI=1S/C12H23N5O2S/c1-15-6-3-4-11(15)9-16(2)20(18,19)12-8-14-17(10-12)7-5-13/h8,10-11H,3-7,9,13H2,1-2H3. The number of nitrogens with zero attached hydrogens (tertiary/aromatic N) is 4. The number of nitrogens with two attached hydrogens (primary N) is 1. The van der Waals surface area contributed by atoms with Gasteiger partial charge >= 0.3 is 0 Å². The van der Waals surface area contributed by atoms with Gasteiger partial charge < -0.3 is 10.6 Å². The highest BCUT2D eigenvalue weighted by atomic mass is 32.2. The van der Waals surface area contributed by atoms with Crippen molar-refractivity contribution >= 4 is 10.0 Å². The summed E-state index contributed by atoms with van der Waals surface area (Å²) >= 11 is 0. The molecule has 1 aromatic rings. The average Bonchev–Trinajstić information content (AvgIpc) is 3.00. The molecule has 20 heavy (non-hydrogen) atoms. The topological polar surface area (TPSA) is 84.5 Å². The van der Waals surface area contributed by atoms with Crippen LogP contribution in [0.3, 0.4) is 0 Å². The van der Waals surface area contributed by atoms with Crippen LogP contribution in [0.5, 0.6) is 0 Å². The smallest absolute Gasteiger partial charge is 0.245 e. The Morgan fingerprint density at radius 2 is 2.30 bits per heavy atom. The summed E-state index contributed by atoms with van der Waals surface area (Å²) in [4.78, 5) is 2.44. The van der Waals surface area contributed by atoms with E-state index in [-0.39, 0.29) is 4.90 Å². The highest BCUT2D eigenvalue weighted by Crippen LogP contribution is 2.19. The second kappa shape index (κ2) is 6.21. The molecule has 1 aliphatic rings. The summed E-state index contributed by atoms with van der Waals surface area (Å²) in [5.41, 5.74) is 5.44. The van der Waals surface area contributed by atoms with Crippen LogP contribution in [0.15, 0.2) is 17.3 Å². The third kappa shape index (κ3) is 3.20. The van der Waals surface area contributed by atoms with E-state index in [1.54, 1.807) is 11.7 Å². The predicted octanol–water partition coefficient (Wildman–Crippen LogP) is -0.443. The predicted molar refractivity (Wildman–Crippen MR) is 76.7 cm³/mol. The molecule has 0 bridgehead atoms. The average molecular weight is 301 g/mol. The SMILES string of the molecule is CN1CCCC1CN(C)S(=O)(=O)c1cnn(CCN)c1. The van der Waals surface area contributed by atoms with Crippen LogP contribution >= 0.6 is 0 Å². The zero-order chi connectivity index (χ0) is 14.8. The Morgan fingerprint density at radius 3 is 2.90 bits per heavy atom. The Morgan fingerprint density at radius 1 is 1.55 bits per heavy atom. The molecule has 0 aliphatic carbocycles. The lowest BCUT2D eigenvalue weighted by Crippen LogP contribution is -2.39. The van der Waals surface area contributed by atoms with Crippen LogP contribution in [0.2, 0.25) is 0 Å². The zero-order valence-corrected chi connectivity index (χ0v) is 12.9. The minimum Gasteiger partial charge on any atom is -0.329 e. The van der Waals surface area contributed by atoms with E-state index in [0.29, 0.717) is 25.7 Å². The summed E-state index contributed by atoms with van der Waals surface area (Å²) in [7, 11) is 0.201. The largest absolute Gasteiger partial charge is 0.329 e. The van der Waals surface area contributed by atoms with Gasteiger partial charge in [0.05, 0.1) is 12.7 Å². The van der Waals surface area contributed by atoms with Crippen molar-refractivity contribution < 1.29 is 8.42 Å². The Hall–Kier alpha value is -0.960. The molecular weight excluding hydrogens is 278 g/mol. The quantitative estimate of drug-likeness (QED) is 0.770. The fraction of sp³-hybridized carbons (Fsp3) is 0.750. The molecule has 2 N–H and O–H groups in total. The number of hydrogen-bond donors (Lipinski definition) is 1. The van der Waals surface area contributed by atoms with Gasteiger partial charge in [-0.1, -0.05) is 0 Å². The highest BCUT2D eigenvalue weighted by molar-refractivity contribution is 7.89. The van der Waals surface area contributed by atoms with Crippen LogP contribution in [0.4, 0.5) is 0 Å². The van der Waals surface area contributed by atoms with E-state index in [2.05, 4.69) is 10.00 Å². The number of aromatic nitrogens is 2. The van der Waals surface area contributed by atoms with E-state index >= 15 is 0 Å². The van der Waals surface area contributed by atoms with Gasteiger partial charge in [-0.3, -0.25) is 4.68 Å².